The second-order valence-corrected chi connectivity index (χ2v) is 6.57. The topological polar surface area (TPSA) is 42.9 Å². The average molecular weight is 284 g/mol. The van der Waals surface area contributed by atoms with Crippen LogP contribution in [-0.2, 0) is 12.8 Å². The van der Waals surface area contributed by atoms with Crippen LogP contribution in [0, 0.1) is 11.8 Å². The number of fused-ring (bicyclic) bond motifs is 1. The van der Waals surface area contributed by atoms with Gasteiger partial charge in [0.05, 0.1) is 22.4 Å². The second kappa shape index (κ2) is 6.33. The van der Waals surface area contributed by atoms with Crippen LogP contribution in [0.15, 0.2) is 18.2 Å². The Bertz CT molecular complexity index is 660. The fraction of sp³-hybridized carbons (Fsp3) is 0.500. The number of carbonyl (C=O) groups is 1. The van der Waals surface area contributed by atoms with Crippen LogP contribution in [0.1, 0.15) is 56.4 Å². The summed E-state index contributed by atoms with van der Waals surface area (Å²) in [4.78, 5) is 21.1. The highest BCUT2D eigenvalue weighted by atomic mass is 16.1. The predicted octanol–water partition coefficient (Wildman–Crippen LogP) is 4.23. The van der Waals surface area contributed by atoms with Crippen molar-refractivity contribution in [2.24, 2.45) is 11.8 Å². The number of rotatable bonds is 5. The monoisotopic (exact) mass is 284 g/mol. The van der Waals surface area contributed by atoms with Gasteiger partial charge in [0.15, 0.2) is 5.78 Å². The molecule has 0 atom stereocenters. The van der Waals surface area contributed by atoms with E-state index in [4.69, 9.17) is 9.97 Å². The lowest BCUT2D eigenvalue weighted by Gasteiger charge is -2.13. The summed E-state index contributed by atoms with van der Waals surface area (Å²) in [5.41, 5.74) is 4.58. The van der Waals surface area contributed by atoms with Crippen LogP contribution in [0.4, 0.5) is 0 Å². The summed E-state index contributed by atoms with van der Waals surface area (Å²) < 4.78 is 0. The molecule has 0 N–H and O–H groups in total. The highest BCUT2D eigenvalue weighted by molar-refractivity contribution is 5.97. The maximum Gasteiger partial charge on any atom is 0.159 e. The quantitative estimate of drug-likeness (QED) is 0.772. The van der Waals surface area contributed by atoms with Crippen LogP contribution >= 0.6 is 0 Å². The van der Waals surface area contributed by atoms with Crippen molar-refractivity contribution < 1.29 is 4.79 Å². The SMILES string of the molecule is CC(=O)c1ccc2nc(CC(C)C)c(CC(C)C)nc2c1. The largest absolute Gasteiger partial charge is 0.295 e. The minimum absolute atomic E-state index is 0.0652. The molecule has 0 fully saturated rings. The molecule has 1 aromatic heterocycles. The Morgan fingerprint density at radius 1 is 0.952 bits per heavy atom. The first-order chi connectivity index (χ1) is 9.86. The number of hydrogen-bond acceptors (Lipinski definition) is 3. The van der Waals surface area contributed by atoms with E-state index in [1.807, 2.05) is 18.2 Å². The van der Waals surface area contributed by atoms with Crippen LogP contribution < -0.4 is 0 Å². The maximum absolute atomic E-state index is 11.5. The van der Waals surface area contributed by atoms with Gasteiger partial charge >= 0.3 is 0 Å². The average Bonchev–Trinajstić information content (AvgIpc) is 2.37. The zero-order valence-corrected chi connectivity index (χ0v) is 13.6. The zero-order chi connectivity index (χ0) is 15.6. The molecule has 0 amide bonds. The molecule has 0 spiro atoms. The number of hydrogen-bond donors (Lipinski definition) is 0. The van der Waals surface area contributed by atoms with Gasteiger partial charge in [-0.05, 0) is 49.8 Å². The van der Waals surface area contributed by atoms with Gasteiger partial charge in [0.1, 0.15) is 0 Å². The lowest BCUT2D eigenvalue weighted by molar-refractivity contribution is 0.101. The van der Waals surface area contributed by atoms with Crippen LogP contribution in [0.3, 0.4) is 0 Å². The molecule has 2 aromatic rings. The Labute approximate surface area is 126 Å². The molecule has 0 unspecified atom stereocenters. The van der Waals surface area contributed by atoms with Gasteiger partial charge in [0.25, 0.3) is 0 Å². The minimum atomic E-state index is 0.0652. The zero-order valence-electron chi connectivity index (χ0n) is 13.6. The summed E-state index contributed by atoms with van der Waals surface area (Å²) in [5.74, 6) is 1.16. The van der Waals surface area contributed by atoms with Gasteiger partial charge in [-0.1, -0.05) is 27.7 Å². The predicted molar refractivity (Wildman–Crippen MR) is 86.6 cm³/mol. The van der Waals surface area contributed by atoms with E-state index in [0.29, 0.717) is 17.4 Å². The van der Waals surface area contributed by atoms with Crippen LogP contribution in [-0.4, -0.2) is 15.8 Å². The molecular formula is C18H24N2O. The van der Waals surface area contributed by atoms with E-state index in [9.17, 15) is 4.79 Å². The molecule has 0 aliphatic rings. The van der Waals surface area contributed by atoms with E-state index < -0.39 is 0 Å². The van der Waals surface area contributed by atoms with Gasteiger partial charge in [0, 0.05) is 5.56 Å². The molecule has 2 rings (SSSR count). The number of ketones is 1. The number of carbonyl (C=O) groups excluding carboxylic acids is 1. The first-order valence-corrected chi connectivity index (χ1v) is 7.67. The Hall–Kier alpha value is -1.77. The van der Waals surface area contributed by atoms with E-state index in [1.165, 1.54) is 0 Å². The van der Waals surface area contributed by atoms with Crippen molar-refractivity contribution >= 4 is 16.8 Å². The molecule has 0 saturated heterocycles. The van der Waals surface area contributed by atoms with E-state index in [2.05, 4.69) is 27.7 Å². The Kier molecular flexibility index (Phi) is 4.71. The van der Waals surface area contributed by atoms with Crippen LogP contribution in [0.2, 0.25) is 0 Å². The molecule has 3 heteroatoms. The minimum Gasteiger partial charge on any atom is -0.295 e. The number of aromatic nitrogens is 2. The third kappa shape index (κ3) is 3.87. The molecule has 1 aromatic carbocycles. The fourth-order valence-electron chi connectivity index (χ4n) is 2.45. The molecule has 0 aliphatic heterocycles. The smallest absolute Gasteiger partial charge is 0.159 e. The lowest BCUT2D eigenvalue weighted by atomic mass is 10.00. The first kappa shape index (κ1) is 15.6. The lowest BCUT2D eigenvalue weighted by Crippen LogP contribution is -2.09. The Morgan fingerprint density at radius 2 is 1.48 bits per heavy atom. The maximum atomic E-state index is 11.5. The summed E-state index contributed by atoms with van der Waals surface area (Å²) in [6.45, 7) is 10.4. The molecule has 0 bridgehead atoms. The fourth-order valence-corrected chi connectivity index (χ4v) is 2.45. The third-order valence-corrected chi connectivity index (χ3v) is 3.43. The normalized spacial score (nSPS) is 11.6. The van der Waals surface area contributed by atoms with Crippen molar-refractivity contribution in [3.8, 4) is 0 Å². The summed E-state index contributed by atoms with van der Waals surface area (Å²) >= 11 is 0. The number of nitrogens with zero attached hydrogens (tertiary/aromatic N) is 2. The summed E-state index contributed by atoms with van der Waals surface area (Å²) in [6, 6.07) is 5.59. The highest BCUT2D eigenvalue weighted by Crippen LogP contribution is 2.20. The van der Waals surface area contributed by atoms with Gasteiger partial charge < -0.3 is 0 Å². The molecular weight excluding hydrogens is 260 g/mol. The van der Waals surface area contributed by atoms with Crippen LogP contribution in [0.25, 0.3) is 11.0 Å². The standard InChI is InChI=1S/C18H24N2O/c1-11(2)8-16-17(9-12(3)4)20-18-10-14(13(5)21)6-7-15(18)19-16/h6-7,10-12H,8-9H2,1-5H3. The second-order valence-electron chi connectivity index (χ2n) is 6.57. The molecule has 21 heavy (non-hydrogen) atoms. The van der Waals surface area contributed by atoms with Gasteiger partial charge in [-0.3, -0.25) is 4.79 Å². The van der Waals surface area contributed by atoms with Crippen molar-refractivity contribution in [3.05, 3.63) is 35.2 Å². The van der Waals surface area contributed by atoms with Gasteiger partial charge in [-0.2, -0.15) is 0 Å². The molecule has 0 radical (unpaired) electrons. The third-order valence-electron chi connectivity index (χ3n) is 3.43. The van der Waals surface area contributed by atoms with Crippen molar-refractivity contribution in [3.63, 3.8) is 0 Å². The molecule has 112 valence electrons. The van der Waals surface area contributed by atoms with E-state index in [0.717, 1.165) is 35.3 Å². The molecule has 0 aliphatic carbocycles. The number of benzene rings is 1. The van der Waals surface area contributed by atoms with Gasteiger partial charge in [-0.15, -0.1) is 0 Å². The van der Waals surface area contributed by atoms with E-state index in [-0.39, 0.29) is 5.78 Å². The summed E-state index contributed by atoms with van der Waals surface area (Å²) in [7, 11) is 0. The van der Waals surface area contributed by atoms with Crippen molar-refractivity contribution in [1.82, 2.24) is 9.97 Å². The molecule has 0 saturated carbocycles. The van der Waals surface area contributed by atoms with Gasteiger partial charge in [0.2, 0.25) is 0 Å². The molecule has 1 heterocycles. The van der Waals surface area contributed by atoms with Crippen molar-refractivity contribution in [1.29, 1.82) is 0 Å². The molecule has 3 nitrogen and oxygen atoms in total. The van der Waals surface area contributed by atoms with Crippen LogP contribution in [0.5, 0.6) is 0 Å². The van der Waals surface area contributed by atoms with Crippen molar-refractivity contribution in [2.75, 3.05) is 0 Å². The summed E-state index contributed by atoms with van der Waals surface area (Å²) in [6.07, 6.45) is 1.87. The van der Waals surface area contributed by atoms with Crippen molar-refractivity contribution in [2.45, 2.75) is 47.5 Å². The van der Waals surface area contributed by atoms with E-state index >= 15 is 0 Å². The van der Waals surface area contributed by atoms with Gasteiger partial charge in [-0.25, -0.2) is 9.97 Å². The Balaban J connectivity index is 2.55. The Morgan fingerprint density at radius 3 is 1.95 bits per heavy atom. The van der Waals surface area contributed by atoms with E-state index in [1.54, 1.807) is 6.92 Å². The highest BCUT2D eigenvalue weighted by Gasteiger charge is 2.13. The summed E-state index contributed by atoms with van der Waals surface area (Å²) in [5, 5.41) is 0. The number of Topliss-reactive ketones (excluding diaryl/α,β-unsaturated/α-hetero) is 1. The first-order valence-electron chi connectivity index (χ1n) is 7.67.